The molecule has 1 aromatic carbocycles. The number of carbonyl (C=O) groups is 1. The smallest absolute Gasteiger partial charge is 0.183 e. The van der Waals surface area contributed by atoms with Gasteiger partial charge in [0.25, 0.3) is 0 Å². The van der Waals surface area contributed by atoms with Gasteiger partial charge in [-0.25, -0.2) is 8.78 Å². The molecule has 0 aliphatic carbocycles. The molecule has 1 unspecified atom stereocenters. The zero-order chi connectivity index (χ0) is 10.9. The molecular weight excluding hydrogens is 277 g/mol. The Morgan fingerprint density at radius 1 is 1.43 bits per heavy atom. The average Bonchev–Trinajstić information content (AvgIpc) is 2.10. The molecule has 0 saturated heterocycles. The second kappa shape index (κ2) is 4.36. The molecule has 0 aromatic heterocycles. The predicted molar refractivity (Wildman–Crippen MR) is 53.7 cm³/mol. The Labute approximate surface area is 93.2 Å². The fourth-order valence-electron chi connectivity index (χ4n) is 0.926. The van der Waals surface area contributed by atoms with Crippen molar-refractivity contribution in [3.63, 3.8) is 0 Å². The molecule has 0 bridgehead atoms. The third kappa shape index (κ3) is 2.30. The van der Waals surface area contributed by atoms with E-state index in [1.165, 1.54) is 6.92 Å². The van der Waals surface area contributed by atoms with Crippen LogP contribution in [0, 0.1) is 11.6 Å². The summed E-state index contributed by atoms with van der Waals surface area (Å²) >= 11 is 8.28. The minimum atomic E-state index is -0.870. The van der Waals surface area contributed by atoms with E-state index in [0.29, 0.717) is 0 Å². The van der Waals surface area contributed by atoms with Gasteiger partial charge >= 0.3 is 0 Å². The lowest BCUT2D eigenvalue weighted by atomic mass is 10.1. The maximum atomic E-state index is 13.2. The first-order valence-electron chi connectivity index (χ1n) is 3.76. The fourth-order valence-corrected chi connectivity index (χ4v) is 1.36. The highest BCUT2D eigenvalue weighted by Crippen LogP contribution is 2.21. The third-order valence-corrected chi connectivity index (χ3v) is 2.44. The molecule has 1 atom stereocenters. The zero-order valence-corrected chi connectivity index (χ0v) is 9.49. The van der Waals surface area contributed by atoms with Crippen LogP contribution >= 0.6 is 27.5 Å². The van der Waals surface area contributed by atoms with Gasteiger partial charge in [-0.15, -0.1) is 11.6 Å². The summed E-state index contributed by atoms with van der Waals surface area (Å²) in [6, 6.07) is 1.74. The Kier molecular flexibility index (Phi) is 3.61. The van der Waals surface area contributed by atoms with Crippen LogP contribution in [0.5, 0.6) is 0 Å². The number of hydrogen-bond acceptors (Lipinski definition) is 1. The van der Waals surface area contributed by atoms with Gasteiger partial charge in [-0.3, -0.25) is 4.79 Å². The number of Topliss-reactive ketones (excluding diaryl/α,β-unsaturated/α-hetero) is 1. The van der Waals surface area contributed by atoms with Crippen LogP contribution < -0.4 is 0 Å². The topological polar surface area (TPSA) is 17.1 Å². The number of halogens is 4. The first-order valence-corrected chi connectivity index (χ1v) is 4.99. The summed E-state index contributed by atoms with van der Waals surface area (Å²) in [6.45, 7) is 1.41. The highest BCUT2D eigenvalue weighted by Gasteiger charge is 2.18. The van der Waals surface area contributed by atoms with Crippen LogP contribution in [0.2, 0.25) is 0 Å². The second-order valence-electron chi connectivity index (χ2n) is 2.73. The van der Waals surface area contributed by atoms with E-state index in [2.05, 4.69) is 15.9 Å². The molecule has 0 aliphatic rings. The number of benzene rings is 1. The van der Waals surface area contributed by atoms with E-state index in [4.69, 9.17) is 11.6 Å². The summed E-state index contributed by atoms with van der Waals surface area (Å²) in [4.78, 5) is 11.3. The molecule has 0 fully saturated rings. The van der Waals surface area contributed by atoms with E-state index in [1.54, 1.807) is 0 Å². The number of alkyl halides is 1. The summed E-state index contributed by atoms with van der Waals surface area (Å²) in [5, 5.41) is -0.870. The van der Waals surface area contributed by atoms with Crippen molar-refractivity contribution in [1.29, 1.82) is 0 Å². The van der Waals surface area contributed by atoms with Crippen LogP contribution in [0.15, 0.2) is 16.6 Å². The van der Waals surface area contributed by atoms with Crippen LogP contribution in [-0.4, -0.2) is 11.2 Å². The molecular formula is C9H6BrClF2O. The lowest BCUT2D eigenvalue weighted by Crippen LogP contribution is -2.13. The molecule has 1 nitrogen and oxygen atoms in total. The van der Waals surface area contributed by atoms with Crippen molar-refractivity contribution in [3.05, 3.63) is 33.8 Å². The van der Waals surface area contributed by atoms with Crippen LogP contribution in [0.25, 0.3) is 0 Å². The Morgan fingerprint density at radius 2 is 2.00 bits per heavy atom. The average molecular weight is 283 g/mol. The number of carbonyl (C=O) groups excluding carboxylic acids is 1. The lowest BCUT2D eigenvalue weighted by molar-refractivity contribution is 0.0987. The summed E-state index contributed by atoms with van der Waals surface area (Å²) in [5.74, 6) is -2.10. The highest BCUT2D eigenvalue weighted by molar-refractivity contribution is 9.10. The van der Waals surface area contributed by atoms with Crippen LogP contribution in [-0.2, 0) is 0 Å². The van der Waals surface area contributed by atoms with E-state index < -0.39 is 22.8 Å². The Hall–Kier alpha value is -0.480. The first-order chi connectivity index (χ1) is 6.43. The van der Waals surface area contributed by atoms with Crippen molar-refractivity contribution in [1.82, 2.24) is 0 Å². The number of hydrogen-bond donors (Lipinski definition) is 0. The normalized spacial score (nSPS) is 12.6. The summed E-state index contributed by atoms with van der Waals surface area (Å²) in [7, 11) is 0. The maximum absolute atomic E-state index is 13.2. The highest BCUT2D eigenvalue weighted by atomic mass is 79.9. The van der Waals surface area contributed by atoms with Gasteiger partial charge in [-0.1, -0.05) is 0 Å². The standard InChI is InChI=1S/C9H6BrClF2O/c1-4(11)9(14)5-2-8(13)6(10)3-7(5)12/h2-4H,1H3. The Morgan fingerprint density at radius 3 is 2.50 bits per heavy atom. The molecule has 0 heterocycles. The molecule has 5 heteroatoms. The first kappa shape index (κ1) is 11.6. The number of ketones is 1. The summed E-state index contributed by atoms with van der Waals surface area (Å²) < 4.78 is 26.1. The Balaban J connectivity index is 3.22. The minimum absolute atomic E-state index is 0.0197. The van der Waals surface area contributed by atoms with E-state index in [0.717, 1.165) is 12.1 Å². The summed E-state index contributed by atoms with van der Waals surface area (Å²) in [5.41, 5.74) is -0.326. The van der Waals surface area contributed by atoms with Crippen molar-refractivity contribution in [2.75, 3.05) is 0 Å². The van der Waals surface area contributed by atoms with Crippen molar-refractivity contribution in [3.8, 4) is 0 Å². The minimum Gasteiger partial charge on any atom is -0.292 e. The van der Waals surface area contributed by atoms with Crippen LogP contribution in [0.4, 0.5) is 8.78 Å². The molecule has 0 spiro atoms. The van der Waals surface area contributed by atoms with Gasteiger partial charge < -0.3 is 0 Å². The monoisotopic (exact) mass is 282 g/mol. The quantitative estimate of drug-likeness (QED) is 0.461. The van der Waals surface area contributed by atoms with E-state index in [-0.39, 0.29) is 10.0 Å². The third-order valence-electron chi connectivity index (χ3n) is 1.64. The van der Waals surface area contributed by atoms with Gasteiger partial charge in [0.2, 0.25) is 0 Å². The Bertz CT molecular complexity index is 379. The number of rotatable bonds is 2. The van der Waals surface area contributed by atoms with Gasteiger partial charge in [-0.2, -0.15) is 0 Å². The predicted octanol–water partition coefficient (Wildman–Crippen LogP) is 3.54. The summed E-state index contributed by atoms with van der Waals surface area (Å²) in [6.07, 6.45) is 0. The molecule has 0 aliphatic heterocycles. The van der Waals surface area contributed by atoms with Crippen molar-refractivity contribution in [2.45, 2.75) is 12.3 Å². The molecule has 0 amide bonds. The second-order valence-corrected chi connectivity index (χ2v) is 4.24. The fraction of sp³-hybridized carbons (Fsp3) is 0.222. The SMILES string of the molecule is CC(Cl)C(=O)c1cc(F)c(Br)cc1F. The van der Waals surface area contributed by atoms with E-state index in [1.807, 2.05) is 0 Å². The largest absolute Gasteiger partial charge is 0.292 e. The lowest BCUT2D eigenvalue weighted by Gasteiger charge is -2.05. The van der Waals surface area contributed by atoms with Crippen LogP contribution in [0.3, 0.4) is 0 Å². The van der Waals surface area contributed by atoms with Crippen molar-refractivity contribution < 1.29 is 13.6 Å². The van der Waals surface area contributed by atoms with Crippen LogP contribution in [0.1, 0.15) is 17.3 Å². The van der Waals surface area contributed by atoms with Crippen molar-refractivity contribution >= 4 is 33.3 Å². The van der Waals surface area contributed by atoms with Gasteiger partial charge in [0.15, 0.2) is 5.78 Å². The molecule has 0 radical (unpaired) electrons. The molecule has 0 saturated carbocycles. The van der Waals surface area contributed by atoms with E-state index in [9.17, 15) is 13.6 Å². The van der Waals surface area contributed by atoms with Gasteiger partial charge in [0.05, 0.1) is 15.4 Å². The van der Waals surface area contributed by atoms with Crippen molar-refractivity contribution in [2.24, 2.45) is 0 Å². The molecule has 1 rings (SSSR count). The molecule has 0 N–H and O–H groups in total. The zero-order valence-electron chi connectivity index (χ0n) is 7.15. The van der Waals surface area contributed by atoms with E-state index >= 15 is 0 Å². The maximum Gasteiger partial charge on any atom is 0.183 e. The van der Waals surface area contributed by atoms with Gasteiger partial charge in [-0.05, 0) is 35.0 Å². The molecule has 1 aromatic rings. The molecule has 76 valence electrons. The van der Waals surface area contributed by atoms with Gasteiger partial charge in [0.1, 0.15) is 11.6 Å². The van der Waals surface area contributed by atoms with Gasteiger partial charge in [0, 0.05) is 0 Å². The molecule has 14 heavy (non-hydrogen) atoms.